The molecule has 3 rings (SSSR count). The topological polar surface area (TPSA) is 81.8 Å². The van der Waals surface area contributed by atoms with E-state index in [9.17, 15) is 14.4 Å². The van der Waals surface area contributed by atoms with E-state index in [0.717, 1.165) is 37.1 Å². The molecular formula is C18H30N4O3. The number of hydrazine groups is 1. The Kier molecular flexibility index (Phi) is 5.61. The molecule has 1 spiro atoms. The van der Waals surface area contributed by atoms with Crippen LogP contribution in [0.2, 0.25) is 0 Å². The molecule has 2 N–H and O–H groups in total. The lowest BCUT2D eigenvalue weighted by molar-refractivity contribution is -0.140. The van der Waals surface area contributed by atoms with Gasteiger partial charge in [0, 0.05) is 6.04 Å². The summed E-state index contributed by atoms with van der Waals surface area (Å²) in [7, 11) is 1.95. The molecule has 140 valence electrons. The van der Waals surface area contributed by atoms with Crippen LogP contribution in [0, 0.1) is 0 Å². The van der Waals surface area contributed by atoms with Gasteiger partial charge in [-0.2, -0.15) is 5.01 Å². The first kappa shape index (κ1) is 18.2. The van der Waals surface area contributed by atoms with Crippen LogP contribution < -0.4 is 10.7 Å². The van der Waals surface area contributed by atoms with E-state index in [0.29, 0.717) is 18.9 Å². The van der Waals surface area contributed by atoms with Crippen LogP contribution in [0.25, 0.3) is 0 Å². The highest BCUT2D eigenvalue weighted by Crippen LogP contribution is 2.33. The van der Waals surface area contributed by atoms with Crippen LogP contribution in [0.4, 0.5) is 4.79 Å². The lowest BCUT2D eigenvalue weighted by Gasteiger charge is -2.30. The summed E-state index contributed by atoms with van der Waals surface area (Å²) in [5.74, 6) is -0.606. The summed E-state index contributed by atoms with van der Waals surface area (Å²) in [4.78, 5) is 39.3. The Morgan fingerprint density at radius 3 is 2.36 bits per heavy atom. The van der Waals surface area contributed by atoms with Crippen molar-refractivity contribution in [3.63, 3.8) is 0 Å². The number of urea groups is 1. The number of carbonyl (C=O) groups excluding carboxylic acids is 3. The molecular weight excluding hydrogens is 320 g/mol. The van der Waals surface area contributed by atoms with E-state index < -0.39 is 11.6 Å². The first-order valence-electron chi connectivity index (χ1n) is 9.68. The molecule has 1 saturated heterocycles. The maximum Gasteiger partial charge on any atom is 0.344 e. The van der Waals surface area contributed by atoms with Crippen molar-refractivity contribution in [2.45, 2.75) is 82.2 Å². The molecule has 0 bridgehead atoms. The van der Waals surface area contributed by atoms with Crippen LogP contribution in [0.15, 0.2) is 0 Å². The van der Waals surface area contributed by atoms with E-state index in [-0.39, 0.29) is 18.4 Å². The number of likely N-dealkylation sites (N-methyl/N-ethyl adjacent to an activating group) is 1. The zero-order chi connectivity index (χ0) is 17.9. The summed E-state index contributed by atoms with van der Waals surface area (Å²) >= 11 is 0. The molecule has 0 radical (unpaired) electrons. The zero-order valence-electron chi connectivity index (χ0n) is 15.2. The largest absolute Gasteiger partial charge is 0.344 e. The summed E-state index contributed by atoms with van der Waals surface area (Å²) in [6, 6.07) is -0.0987. The van der Waals surface area contributed by atoms with Crippen molar-refractivity contribution in [2.24, 2.45) is 0 Å². The Labute approximate surface area is 149 Å². The molecule has 0 aromatic heterocycles. The van der Waals surface area contributed by atoms with Gasteiger partial charge in [0.15, 0.2) is 0 Å². The third-order valence-corrected chi connectivity index (χ3v) is 5.95. The molecule has 3 fully saturated rings. The number of carbonyl (C=O) groups is 3. The van der Waals surface area contributed by atoms with Crippen LogP contribution in [-0.2, 0) is 9.59 Å². The number of nitrogens with zero attached hydrogens (tertiary/aromatic N) is 2. The Morgan fingerprint density at radius 1 is 1.12 bits per heavy atom. The van der Waals surface area contributed by atoms with Crippen LogP contribution in [0.5, 0.6) is 0 Å². The average Bonchev–Trinajstić information content (AvgIpc) is 2.82. The number of nitrogens with one attached hydrogen (secondary N) is 2. The van der Waals surface area contributed by atoms with Crippen LogP contribution >= 0.6 is 0 Å². The summed E-state index contributed by atoms with van der Waals surface area (Å²) in [5, 5.41) is 3.71. The van der Waals surface area contributed by atoms with Crippen molar-refractivity contribution >= 4 is 17.8 Å². The monoisotopic (exact) mass is 350 g/mol. The second-order valence-corrected chi connectivity index (χ2v) is 7.81. The summed E-state index contributed by atoms with van der Waals surface area (Å²) in [5.41, 5.74) is 1.73. The minimum Gasteiger partial charge on any atom is -0.322 e. The van der Waals surface area contributed by atoms with Crippen molar-refractivity contribution in [1.29, 1.82) is 0 Å². The normalized spacial score (nSPS) is 24.5. The van der Waals surface area contributed by atoms with E-state index in [1.807, 2.05) is 7.05 Å². The number of hydrogen-bond donors (Lipinski definition) is 2. The molecule has 1 aliphatic heterocycles. The van der Waals surface area contributed by atoms with Crippen molar-refractivity contribution in [3.05, 3.63) is 0 Å². The van der Waals surface area contributed by atoms with Crippen LogP contribution in [0.1, 0.15) is 70.6 Å². The van der Waals surface area contributed by atoms with Gasteiger partial charge >= 0.3 is 6.03 Å². The van der Waals surface area contributed by atoms with Crippen molar-refractivity contribution < 1.29 is 14.4 Å². The Morgan fingerprint density at radius 2 is 1.72 bits per heavy atom. The van der Waals surface area contributed by atoms with E-state index in [2.05, 4.69) is 15.6 Å². The number of imide groups is 1. The molecule has 25 heavy (non-hydrogen) atoms. The maximum absolute atomic E-state index is 12.7. The predicted octanol–water partition coefficient (Wildman–Crippen LogP) is 1.93. The lowest BCUT2D eigenvalue weighted by atomic mass is 9.82. The van der Waals surface area contributed by atoms with Crippen molar-refractivity contribution in [3.8, 4) is 0 Å². The highest BCUT2D eigenvalue weighted by molar-refractivity contribution is 6.08. The fourth-order valence-corrected chi connectivity index (χ4v) is 4.43. The molecule has 0 aromatic carbocycles. The minimum atomic E-state index is -0.796. The van der Waals surface area contributed by atoms with Crippen molar-refractivity contribution in [2.75, 3.05) is 13.6 Å². The van der Waals surface area contributed by atoms with Gasteiger partial charge in [0.25, 0.3) is 11.8 Å². The highest BCUT2D eigenvalue weighted by Gasteiger charge is 2.52. The smallest absolute Gasteiger partial charge is 0.322 e. The average molecular weight is 350 g/mol. The molecule has 2 saturated carbocycles. The fraction of sp³-hybridized carbons (Fsp3) is 0.833. The van der Waals surface area contributed by atoms with Gasteiger partial charge < -0.3 is 5.32 Å². The van der Waals surface area contributed by atoms with E-state index in [1.165, 1.54) is 25.7 Å². The van der Waals surface area contributed by atoms with Crippen LogP contribution in [0.3, 0.4) is 0 Å². The molecule has 0 aromatic rings. The predicted molar refractivity (Wildman–Crippen MR) is 93.5 cm³/mol. The number of rotatable bonds is 4. The fourth-order valence-electron chi connectivity index (χ4n) is 4.43. The Balaban J connectivity index is 1.55. The molecule has 7 nitrogen and oxygen atoms in total. The van der Waals surface area contributed by atoms with Crippen molar-refractivity contribution in [1.82, 2.24) is 20.7 Å². The summed E-state index contributed by atoms with van der Waals surface area (Å²) < 4.78 is 0. The van der Waals surface area contributed by atoms with Gasteiger partial charge in [-0.25, -0.2) is 4.79 Å². The van der Waals surface area contributed by atoms with Gasteiger partial charge in [0.1, 0.15) is 5.54 Å². The molecule has 2 aliphatic carbocycles. The van der Waals surface area contributed by atoms with Gasteiger partial charge in [-0.3, -0.25) is 19.9 Å². The second-order valence-electron chi connectivity index (χ2n) is 7.81. The zero-order valence-corrected chi connectivity index (χ0v) is 15.2. The summed E-state index contributed by atoms with van der Waals surface area (Å²) in [6.45, 7) is 0.203. The Bertz CT molecular complexity index is 522. The quantitative estimate of drug-likeness (QED) is 0.600. The van der Waals surface area contributed by atoms with Crippen LogP contribution in [-0.4, -0.2) is 52.9 Å². The third kappa shape index (κ3) is 3.97. The van der Waals surface area contributed by atoms with Gasteiger partial charge in [-0.05, 0) is 32.7 Å². The van der Waals surface area contributed by atoms with Gasteiger partial charge in [-0.15, -0.1) is 0 Å². The summed E-state index contributed by atoms with van der Waals surface area (Å²) in [6.07, 6.45) is 11.4. The molecule has 3 aliphatic rings. The molecule has 4 amide bonds. The molecule has 1 heterocycles. The third-order valence-electron chi connectivity index (χ3n) is 5.95. The Hall–Kier alpha value is -1.63. The van der Waals surface area contributed by atoms with E-state index in [1.54, 1.807) is 0 Å². The second kappa shape index (κ2) is 7.72. The van der Waals surface area contributed by atoms with Gasteiger partial charge in [-0.1, -0.05) is 44.9 Å². The van der Waals surface area contributed by atoms with E-state index in [4.69, 9.17) is 0 Å². The van der Waals surface area contributed by atoms with Gasteiger partial charge in [0.05, 0.1) is 6.54 Å². The standard InChI is InChI=1S/C18H30N4O3/c1-21(14-9-5-2-3-6-10-14)13-15(23)20-22-16(24)18(19-17(22)25)11-7-4-8-12-18/h14H,2-13H2,1H3,(H,19,25)(H,20,23). The molecule has 0 unspecified atom stereocenters. The minimum absolute atomic E-state index is 0.203. The SMILES string of the molecule is CN(CC(=O)NN1C(=O)NC2(CCCCC2)C1=O)C1CCCCCC1. The van der Waals surface area contributed by atoms with E-state index >= 15 is 0 Å². The molecule has 0 atom stereocenters. The lowest BCUT2D eigenvalue weighted by Crippen LogP contribution is -2.52. The number of hydrogen-bond acceptors (Lipinski definition) is 4. The first-order chi connectivity index (χ1) is 12.0. The van der Waals surface area contributed by atoms with Gasteiger partial charge in [0.2, 0.25) is 0 Å². The molecule has 7 heteroatoms. The highest BCUT2D eigenvalue weighted by atomic mass is 16.2. The first-order valence-corrected chi connectivity index (χ1v) is 9.68. The number of amides is 4. The maximum atomic E-state index is 12.7.